The highest BCUT2D eigenvalue weighted by molar-refractivity contribution is 6.29. The largest absolute Gasteiger partial charge is 0.460 e. The van der Waals surface area contributed by atoms with Crippen LogP contribution in [0.15, 0.2) is 54.6 Å². The van der Waals surface area contributed by atoms with Gasteiger partial charge in [0.1, 0.15) is 0 Å². The van der Waals surface area contributed by atoms with Gasteiger partial charge in [-0.05, 0) is 23.5 Å². The predicted molar refractivity (Wildman–Crippen MR) is 110 cm³/mol. The van der Waals surface area contributed by atoms with Crippen molar-refractivity contribution in [3.05, 3.63) is 76.9 Å². The van der Waals surface area contributed by atoms with Crippen LogP contribution in [0.4, 0.5) is 39.5 Å². The molecular formula is C24H21F9O. The van der Waals surface area contributed by atoms with Crippen molar-refractivity contribution in [1.82, 2.24) is 0 Å². The Balaban J connectivity index is 2.72. The first kappa shape index (κ1) is 27.5. The summed E-state index contributed by atoms with van der Waals surface area (Å²) in [5, 5.41) is 0. The van der Waals surface area contributed by atoms with Crippen LogP contribution in [0.5, 0.6) is 0 Å². The summed E-state index contributed by atoms with van der Waals surface area (Å²) in [6, 6.07) is 10.3. The van der Waals surface area contributed by atoms with Crippen LogP contribution in [0.2, 0.25) is 0 Å². The summed E-state index contributed by atoms with van der Waals surface area (Å²) < 4.78 is 121. The molecule has 0 aliphatic heterocycles. The number of benzene rings is 2. The third-order valence-electron chi connectivity index (χ3n) is 5.11. The minimum atomic E-state index is -7.06. The van der Waals surface area contributed by atoms with E-state index in [0.29, 0.717) is 11.1 Å². The van der Waals surface area contributed by atoms with Crippen molar-refractivity contribution in [1.29, 1.82) is 0 Å². The van der Waals surface area contributed by atoms with Crippen LogP contribution >= 0.6 is 0 Å². The number of alkyl halides is 9. The quantitative estimate of drug-likeness (QED) is 0.225. The molecule has 1 nitrogen and oxygen atoms in total. The van der Waals surface area contributed by atoms with Crippen molar-refractivity contribution in [3.8, 4) is 0 Å². The zero-order valence-electron chi connectivity index (χ0n) is 18.5. The van der Waals surface area contributed by atoms with Crippen molar-refractivity contribution in [2.24, 2.45) is 0 Å². The first-order valence-electron chi connectivity index (χ1n) is 9.88. The van der Waals surface area contributed by atoms with E-state index in [1.807, 2.05) is 20.8 Å². The van der Waals surface area contributed by atoms with E-state index in [-0.39, 0.29) is 11.1 Å². The molecule has 0 fully saturated rings. The number of aryl methyl sites for hydroxylation is 1. The van der Waals surface area contributed by atoms with Gasteiger partial charge in [-0.15, -0.1) is 0 Å². The maximum Gasteiger partial charge on any atom is 0.460 e. The molecule has 0 aromatic heterocycles. The number of carbonyl (C=O) groups is 1. The van der Waals surface area contributed by atoms with E-state index in [9.17, 15) is 44.3 Å². The van der Waals surface area contributed by atoms with E-state index >= 15 is 0 Å². The summed E-state index contributed by atoms with van der Waals surface area (Å²) >= 11 is 0. The molecule has 0 aliphatic carbocycles. The summed E-state index contributed by atoms with van der Waals surface area (Å²) in [5.41, 5.74) is -0.845. The van der Waals surface area contributed by atoms with Gasteiger partial charge in [-0.1, -0.05) is 74.9 Å². The fraction of sp³-hybridized carbons (Fsp3) is 0.375. The summed E-state index contributed by atoms with van der Waals surface area (Å²) in [5.74, 6) is -21.2. The first-order valence-corrected chi connectivity index (χ1v) is 9.88. The lowest BCUT2D eigenvalue weighted by Gasteiger charge is -2.32. The molecule has 2 aromatic rings. The maximum atomic E-state index is 14.4. The lowest BCUT2D eigenvalue weighted by atomic mass is 9.85. The van der Waals surface area contributed by atoms with Crippen LogP contribution in [0, 0.1) is 6.92 Å². The van der Waals surface area contributed by atoms with E-state index < -0.39 is 46.8 Å². The summed E-state index contributed by atoms with van der Waals surface area (Å²) in [6.07, 6.45) is -7.77. The van der Waals surface area contributed by atoms with Gasteiger partial charge < -0.3 is 0 Å². The monoisotopic (exact) mass is 496 g/mol. The fourth-order valence-corrected chi connectivity index (χ4v) is 2.95. The molecule has 0 saturated heterocycles. The van der Waals surface area contributed by atoms with E-state index in [1.165, 1.54) is 36.4 Å². The predicted octanol–water partition coefficient (Wildman–Crippen LogP) is 8.03. The second-order valence-corrected chi connectivity index (χ2v) is 8.85. The van der Waals surface area contributed by atoms with Crippen molar-refractivity contribution in [3.63, 3.8) is 0 Å². The molecule has 0 unspecified atom stereocenters. The maximum absolute atomic E-state index is 14.4. The van der Waals surface area contributed by atoms with Gasteiger partial charge in [0.05, 0.1) is 0 Å². The van der Waals surface area contributed by atoms with Crippen LogP contribution in [-0.4, -0.2) is 29.7 Å². The van der Waals surface area contributed by atoms with E-state index in [0.717, 1.165) is 12.1 Å². The number of carbonyl (C=O) groups excluding carboxylic acids is 1. The van der Waals surface area contributed by atoms with Crippen molar-refractivity contribution >= 4 is 11.4 Å². The Morgan fingerprint density at radius 2 is 1.12 bits per heavy atom. The topological polar surface area (TPSA) is 17.1 Å². The highest BCUT2D eigenvalue weighted by Crippen LogP contribution is 2.54. The van der Waals surface area contributed by atoms with Crippen molar-refractivity contribution in [2.75, 3.05) is 0 Å². The zero-order valence-corrected chi connectivity index (χ0v) is 18.5. The number of allylic oxidation sites excluding steroid dienone is 2. The molecule has 2 aromatic carbocycles. The average molecular weight is 496 g/mol. The standard InChI is InChI=1S/C24H21F9O/c1-14-5-7-16(8-6-14)19(34)18(15-9-11-17(12-10-15)20(2,3)4)13-21(25,26)22(27,28)23(29,30)24(31,32)33/h5-13H,1-4H3/b18-13+. The second-order valence-electron chi connectivity index (χ2n) is 8.85. The molecule has 186 valence electrons. The Morgan fingerprint density at radius 1 is 0.676 bits per heavy atom. The van der Waals surface area contributed by atoms with Crippen LogP contribution < -0.4 is 0 Å². The molecule has 34 heavy (non-hydrogen) atoms. The molecule has 2 rings (SSSR count). The molecule has 0 heterocycles. The summed E-state index contributed by atoms with van der Waals surface area (Å²) in [7, 11) is 0. The third-order valence-corrected chi connectivity index (χ3v) is 5.11. The number of Topliss-reactive ketones (excluding diaryl/α,β-unsaturated/α-hetero) is 1. The lowest BCUT2D eigenvalue weighted by molar-refractivity contribution is -0.388. The van der Waals surface area contributed by atoms with Crippen molar-refractivity contribution in [2.45, 2.75) is 57.1 Å². The van der Waals surface area contributed by atoms with Gasteiger partial charge in [-0.25, -0.2) is 0 Å². The van der Waals surface area contributed by atoms with Crippen LogP contribution in [0.1, 0.15) is 47.8 Å². The van der Waals surface area contributed by atoms with Gasteiger partial charge in [-0.3, -0.25) is 4.79 Å². The Labute approximate surface area is 190 Å². The molecular weight excluding hydrogens is 475 g/mol. The Morgan fingerprint density at radius 3 is 1.53 bits per heavy atom. The van der Waals surface area contributed by atoms with E-state index in [4.69, 9.17) is 0 Å². The number of hydrogen-bond acceptors (Lipinski definition) is 1. The molecule has 0 atom stereocenters. The Hall–Kier alpha value is -2.78. The normalized spacial score (nSPS) is 14.3. The molecule has 0 saturated carbocycles. The molecule has 10 heteroatoms. The van der Waals surface area contributed by atoms with Crippen LogP contribution in [0.3, 0.4) is 0 Å². The van der Waals surface area contributed by atoms with Crippen LogP contribution in [0.25, 0.3) is 5.57 Å². The second kappa shape index (κ2) is 8.78. The molecule has 0 N–H and O–H groups in total. The summed E-state index contributed by atoms with van der Waals surface area (Å²) in [6.45, 7) is 7.07. The van der Waals surface area contributed by atoms with Gasteiger partial charge in [0.25, 0.3) is 0 Å². The highest BCUT2D eigenvalue weighted by Gasteiger charge is 2.81. The molecule has 0 amide bonds. The van der Waals surface area contributed by atoms with Crippen molar-refractivity contribution < 1.29 is 44.3 Å². The lowest BCUT2D eigenvalue weighted by Crippen LogP contribution is -2.60. The third kappa shape index (κ3) is 5.15. The average Bonchev–Trinajstić information content (AvgIpc) is 2.70. The minimum Gasteiger partial charge on any atom is -0.289 e. The minimum absolute atomic E-state index is 0.251. The molecule has 0 bridgehead atoms. The SMILES string of the molecule is Cc1ccc(C(=O)/C(=C/C(F)(F)C(F)(F)C(F)(F)C(F)(F)F)c2ccc(C(C)(C)C)cc2)cc1. The van der Waals surface area contributed by atoms with E-state index in [2.05, 4.69) is 0 Å². The zero-order chi connectivity index (χ0) is 26.3. The van der Waals surface area contributed by atoms with E-state index in [1.54, 1.807) is 6.92 Å². The molecule has 0 aliphatic rings. The number of rotatable bonds is 6. The van der Waals surface area contributed by atoms with Crippen LogP contribution in [-0.2, 0) is 5.41 Å². The fourth-order valence-electron chi connectivity index (χ4n) is 2.95. The molecule has 0 radical (unpaired) electrons. The number of ketones is 1. The molecule has 0 spiro atoms. The first-order chi connectivity index (χ1) is 15.2. The van der Waals surface area contributed by atoms with Gasteiger partial charge in [0.15, 0.2) is 5.78 Å². The smallest absolute Gasteiger partial charge is 0.289 e. The van der Waals surface area contributed by atoms with Gasteiger partial charge in [0, 0.05) is 17.2 Å². The summed E-state index contributed by atoms with van der Waals surface area (Å²) in [4.78, 5) is 12.9. The van der Waals surface area contributed by atoms with Gasteiger partial charge in [0.2, 0.25) is 0 Å². The number of halogens is 9. The van der Waals surface area contributed by atoms with Gasteiger partial charge >= 0.3 is 23.9 Å². The Bertz CT molecular complexity index is 1060. The van der Waals surface area contributed by atoms with Gasteiger partial charge in [-0.2, -0.15) is 39.5 Å². The highest BCUT2D eigenvalue weighted by atomic mass is 19.4. The Kier molecular flexibility index (Phi) is 7.09. The number of hydrogen-bond donors (Lipinski definition) is 0.